The van der Waals surface area contributed by atoms with Crippen LogP contribution in [-0.2, 0) is 4.79 Å². The number of hydrogen-bond acceptors (Lipinski definition) is 7. The van der Waals surface area contributed by atoms with Gasteiger partial charge in [-0.1, -0.05) is 42.0 Å². The highest BCUT2D eigenvalue weighted by Crippen LogP contribution is 2.28. The Hall–Kier alpha value is -1.80. The highest BCUT2D eigenvalue weighted by atomic mass is 32.2. The lowest BCUT2D eigenvalue weighted by molar-refractivity contribution is -0.119. The van der Waals surface area contributed by atoms with E-state index in [1.807, 2.05) is 24.3 Å². The molecule has 1 heterocycles. The summed E-state index contributed by atoms with van der Waals surface area (Å²) in [5.74, 6) is 1.23. The molecule has 0 aliphatic heterocycles. The molecule has 128 valence electrons. The lowest BCUT2D eigenvalue weighted by atomic mass is 10.2. The summed E-state index contributed by atoms with van der Waals surface area (Å²) in [5, 5.41) is 15.2. The standard InChI is InChI=1S/C16H20N4O2S2/c1-22-13-8-4-7-12(9-13)18-15-19-20-16(24-15)23-10-14(21)17-11-5-2-3-6-11/h4,7-9,11H,2-3,5-6,10H2,1H3,(H,17,21)(H,18,19). The minimum Gasteiger partial charge on any atom is -0.497 e. The van der Waals surface area contributed by atoms with E-state index in [2.05, 4.69) is 20.8 Å². The molecule has 1 amide bonds. The Morgan fingerprint density at radius 3 is 3.00 bits per heavy atom. The van der Waals surface area contributed by atoms with Crippen molar-refractivity contribution in [2.24, 2.45) is 0 Å². The summed E-state index contributed by atoms with van der Waals surface area (Å²) in [6.45, 7) is 0. The average molecular weight is 364 g/mol. The van der Waals surface area contributed by atoms with Crippen molar-refractivity contribution in [1.29, 1.82) is 0 Å². The van der Waals surface area contributed by atoms with Crippen LogP contribution in [0.1, 0.15) is 25.7 Å². The SMILES string of the molecule is COc1cccc(Nc2nnc(SCC(=O)NC3CCCC3)s2)c1. The number of thioether (sulfide) groups is 1. The third-order valence-electron chi connectivity index (χ3n) is 3.77. The fraction of sp³-hybridized carbons (Fsp3) is 0.438. The summed E-state index contributed by atoms with van der Waals surface area (Å²) in [4.78, 5) is 11.9. The molecule has 8 heteroatoms. The van der Waals surface area contributed by atoms with Crippen LogP contribution in [0.4, 0.5) is 10.8 Å². The van der Waals surface area contributed by atoms with Crippen LogP contribution in [0.5, 0.6) is 5.75 Å². The second kappa shape index (κ2) is 8.34. The van der Waals surface area contributed by atoms with Gasteiger partial charge in [-0.3, -0.25) is 4.79 Å². The number of methoxy groups -OCH3 is 1. The van der Waals surface area contributed by atoms with Crippen LogP contribution in [0.2, 0.25) is 0 Å². The molecule has 1 saturated carbocycles. The van der Waals surface area contributed by atoms with Gasteiger partial charge in [-0.25, -0.2) is 0 Å². The van der Waals surface area contributed by atoms with E-state index in [9.17, 15) is 4.79 Å². The molecule has 0 radical (unpaired) electrons. The quantitative estimate of drug-likeness (QED) is 0.733. The molecule has 1 aromatic carbocycles. The summed E-state index contributed by atoms with van der Waals surface area (Å²) < 4.78 is 5.98. The lowest BCUT2D eigenvalue weighted by Gasteiger charge is -2.10. The van der Waals surface area contributed by atoms with Gasteiger partial charge in [0.2, 0.25) is 11.0 Å². The van der Waals surface area contributed by atoms with Crippen molar-refractivity contribution < 1.29 is 9.53 Å². The van der Waals surface area contributed by atoms with Crippen LogP contribution in [0.3, 0.4) is 0 Å². The molecule has 2 aromatic rings. The maximum atomic E-state index is 11.9. The normalized spacial score (nSPS) is 14.5. The Kier molecular flexibility index (Phi) is 5.92. The van der Waals surface area contributed by atoms with Gasteiger partial charge in [-0.15, -0.1) is 10.2 Å². The number of carbonyl (C=O) groups excluding carboxylic acids is 1. The van der Waals surface area contributed by atoms with E-state index in [-0.39, 0.29) is 5.91 Å². The van der Waals surface area contributed by atoms with Crippen molar-refractivity contribution in [3.63, 3.8) is 0 Å². The van der Waals surface area contributed by atoms with Crippen molar-refractivity contribution in [2.75, 3.05) is 18.2 Å². The van der Waals surface area contributed by atoms with E-state index in [1.165, 1.54) is 35.9 Å². The number of aromatic nitrogens is 2. The first kappa shape index (κ1) is 17.0. The van der Waals surface area contributed by atoms with Crippen molar-refractivity contribution in [1.82, 2.24) is 15.5 Å². The van der Waals surface area contributed by atoms with Gasteiger partial charge in [0.05, 0.1) is 12.9 Å². The van der Waals surface area contributed by atoms with Gasteiger partial charge >= 0.3 is 0 Å². The highest BCUT2D eigenvalue weighted by Gasteiger charge is 2.17. The predicted octanol–water partition coefficient (Wildman–Crippen LogP) is 3.44. The number of nitrogens with zero attached hydrogens (tertiary/aromatic N) is 2. The Morgan fingerprint density at radius 2 is 2.21 bits per heavy atom. The number of nitrogens with one attached hydrogen (secondary N) is 2. The van der Waals surface area contributed by atoms with Crippen molar-refractivity contribution in [3.8, 4) is 5.75 Å². The molecule has 24 heavy (non-hydrogen) atoms. The van der Waals surface area contributed by atoms with E-state index in [1.54, 1.807) is 7.11 Å². The van der Waals surface area contributed by atoms with Gasteiger partial charge in [0, 0.05) is 17.8 Å². The minimum absolute atomic E-state index is 0.0735. The first-order chi connectivity index (χ1) is 11.7. The maximum absolute atomic E-state index is 11.9. The van der Waals surface area contributed by atoms with E-state index >= 15 is 0 Å². The summed E-state index contributed by atoms with van der Waals surface area (Å²) in [6.07, 6.45) is 4.63. The predicted molar refractivity (Wildman–Crippen MR) is 97.3 cm³/mol. The monoisotopic (exact) mass is 364 g/mol. The zero-order valence-corrected chi connectivity index (χ0v) is 15.1. The number of rotatable bonds is 7. The minimum atomic E-state index is 0.0735. The van der Waals surface area contributed by atoms with Gasteiger partial charge in [-0.05, 0) is 25.0 Å². The fourth-order valence-corrected chi connectivity index (χ4v) is 4.19. The molecule has 1 aromatic heterocycles. The molecular weight excluding hydrogens is 344 g/mol. The number of amides is 1. The molecule has 1 aliphatic carbocycles. The Bertz CT molecular complexity index is 686. The number of hydrogen-bond donors (Lipinski definition) is 2. The van der Waals surface area contributed by atoms with Crippen LogP contribution in [0.25, 0.3) is 0 Å². The molecule has 0 atom stereocenters. The van der Waals surface area contributed by atoms with Gasteiger partial charge in [0.1, 0.15) is 5.75 Å². The third kappa shape index (κ3) is 4.85. The van der Waals surface area contributed by atoms with E-state index in [0.29, 0.717) is 16.9 Å². The number of benzene rings is 1. The Morgan fingerprint density at radius 1 is 1.38 bits per heavy atom. The largest absolute Gasteiger partial charge is 0.497 e. The molecule has 6 nitrogen and oxygen atoms in total. The van der Waals surface area contributed by atoms with Crippen LogP contribution < -0.4 is 15.4 Å². The van der Waals surface area contributed by atoms with E-state index < -0.39 is 0 Å². The molecule has 2 N–H and O–H groups in total. The molecule has 0 bridgehead atoms. The first-order valence-corrected chi connectivity index (χ1v) is 9.70. The second-order valence-electron chi connectivity index (χ2n) is 5.57. The molecule has 0 unspecified atom stereocenters. The van der Waals surface area contributed by atoms with Crippen molar-refractivity contribution in [2.45, 2.75) is 36.1 Å². The summed E-state index contributed by atoms with van der Waals surface area (Å²) in [5.41, 5.74) is 0.890. The Balaban J connectivity index is 1.48. The van der Waals surface area contributed by atoms with E-state index in [4.69, 9.17) is 4.74 Å². The van der Waals surface area contributed by atoms with Crippen molar-refractivity contribution in [3.05, 3.63) is 24.3 Å². The van der Waals surface area contributed by atoms with Crippen LogP contribution >= 0.6 is 23.1 Å². The summed E-state index contributed by atoms with van der Waals surface area (Å²) in [7, 11) is 1.63. The van der Waals surface area contributed by atoms with Crippen LogP contribution in [-0.4, -0.2) is 35.0 Å². The molecular formula is C16H20N4O2S2. The maximum Gasteiger partial charge on any atom is 0.230 e. The van der Waals surface area contributed by atoms with Gasteiger partial charge in [0.15, 0.2) is 4.34 Å². The van der Waals surface area contributed by atoms with Crippen LogP contribution in [0, 0.1) is 0 Å². The smallest absolute Gasteiger partial charge is 0.230 e. The van der Waals surface area contributed by atoms with E-state index in [0.717, 1.165) is 28.6 Å². The molecule has 1 aliphatic rings. The van der Waals surface area contributed by atoms with Gasteiger partial charge in [-0.2, -0.15) is 0 Å². The summed E-state index contributed by atoms with van der Waals surface area (Å²) in [6, 6.07) is 7.98. The summed E-state index contributed by atoms with van der Waals surface area (Å²) >= 11 is 2.85. The number of carbonyl (C=O) groups is 1. The number of anilines is 2. The lowest BCUT2D eigenvalue weighted by Crippen LogP contribution is -2.33. The number of ether oxygens (including phenoxy) is 1. The molecule has 0 spiro atoms. The first-order valence-electron chi connectivity index (χ1n) is 7.89. The highest BCUT2D eigenvalue weighted by molar-refractivity contribution is 8.01. The molecule has 0 saturated heterocycles. The van der Waals surface area contributed by atoms with Gasteiger partial charge in [0.25, 0.3) is 0 Å². The van der Waals surface area contributed by atoms with Crippen LogP contribution in [0.15, 0.2) is 28.6 Å². The van der Waals surface area contributed by atoms with Crippen molar-refractivity contribution >= 4 is 39.8 Å². The Labute approximate surface area is 149 Å². The third-order valence-corrected chi connectivity index (χ3v) is 5.75. The topological polar surface area (TPSA) is 76.1 Å². The molecule has 3 rings (SSSR count). The zero-order valence-electron chi connectivity index (χ0n) is 13.4. The average Bonchev–Trinajstić information content (AvgIpc) is 3.25. The second-order valence-corrected chi connectivity index (χ2v) is 7.77. The fourth-order valence-electron chi connectivity index (χ4n) is 2.61. The molecule has 1 fully saturated rings. The zero-order chi connectivity index (χ0) is 16.8. The van der Waals surface area contributed by atoms with Gasteiger partial charge < -0.3 is 15.4 Å².